The van der Waals surface area contributed by atoms with Crippen molar-refractivity contribution in [2.45, 2.75) is 6.04 Å². The molecule has 1 fully saturated rings. The van der Waals surface area contributed by atoms with E-state index in [9.17, 15) is 4.79 Å². The van der Waals surface area contributed by atoms with E-state index >= 15 is 0 Å². The van der Waals surface area contributed by atoms with Crippen LogP contribution in [0.5, 0.6) is 0 Å². The quantitative estimate of drug-likeness (QED) is 0.638. The first-order valence-electron chi connectivity index (χ1n) is 8.69. The van der Waals surface area contributed by atoms with Crippen molar-refractivity contribution in [1.29, 1.82) is 0 Å². The number of H-pyrrole nitrogens is 1. The Morgan fingerprint density at radius 3 is 2.70 bits per heavy atom. The number of carbonyl (C=O) groups excluding carboxylic acids is 1. The molecule has 27 heavy (non-hydrogen) atoms. The predicted molar refractivity (Wildman–Crippen MR) is 108 cm³/mol. The summed E-state index contributed by atoms with van der Waals surface area (Å²) in [5.74, 6) is -0.0698. The second-order valence-corrected chi connectivity index (χ2v) is 7.62. The Kier molecular flexibility index (Phi) is 3.85. The third kappa shape index (κ3) is 2.59. The number of rotatable bonds is 2. The summed E-state index contributed by atoms with van der Waals surface area (Å²) in [6.45, 7) is 0. The molecule has 3 unspecified atom stereocenters. The van der Waals surface area contributed by atoms with Crippen LogP contribution in [0.3, 0.4) is 0 Å². The Balaban J connectivity index is 1.67. The van der Waals surface area contributed by atoms with Gasteiger partial charge in [0.05, 0.1) is 39.4 Å². The van der Waals surface area contributed by atoms with E-state index in [4.69, 9.17) is 23.2 Å². The van der Waals surface area contributed by atoms with Gasteiger partial charge in [0.15, 0.2) is 0 Å². The molecular formula is C21H15Cl2N3O. The molecule has 0 saturated carbocycles. The summed E-state index contributed by atoms with van der Waals surface area (Å²) in [7, 11) is 0. The van der Waals surface area contributed by atoms with Crippen LogP contribution in [0.2, 0.25) is 10.0 Å². The summed E-state index contributed by atoms with van der Waals surface area (Å²) in [6, 6.07) is 11.3. The van der Waals surface area contributed by atoms with Gasteiger partial charge in [-0.1, -0.05) is 53.6 Å². The Bertz CT molecular complexity index is 1120. The number of anilines is 1. The Labute approximate surface area is 166 Å². The first kappa shape index (κ1) is 16.6. The number of benzene rings is 2. The molecule has 2 aromatic carbocycles. The van der Waals surface area contributed by atoms with Gasteiger partial charge >= 0.3 is 0 Å². The lowest BCUT2D eigenvalue weighted by Gasteiger charge is -2.28. The topological polar surface area (TPSA) is 49.0 Å². The number of hydrogen-bond donors (Lipinski definition) is 1. The van der Waals surface area contributed by atoms with Crippen molar-refractivity contribution < 1.29 is 4.79 Å². The molecule has 1 N–H and O–H groups in total. The smallest absolute Gasteiger partial charge is 0.235 e. The SMILES string of the molecule is O=C1C2C=CC=CC2C(c2ccc(Cl)c(Cl)c2)N1c1ccc2nc[nH]c2c1. The number of aromatic amines is 1. The average molecular weight is 396 g/mol. The second kappa shape index (κ2) is 6.25. The molecule has 6 heteroatoms. The maximum Gasteiger partial charge on any atom is 0.235 e. The van der Waals surface area contributed by atoms with Gasteiger partial charge < -0.3 is 9.88 Å². The molecule has 1 amide bonds. The fourth-order valence-corrected chi connectivity index (χ4v) is 4.38. The van der Waals surface area contributed by atoms with Crippen molar-refractivity contribution in [3.05, 3.63) is 82.6 Å². The molecule has 2 aliphatic rings. The Morgan fingerprint density at radius 1 is 1.00 bits per heavy atom. The molecular weight excluding hydrogens is 381 g/mol. The molecule has 1 aromatic heterocycles. The van der Waals surface area contributed by atoms with Crippen LogP contribution in [0.4, 0.5) is 5.69 Å². The van der Waals surface area contributed by atoms with Gasteiger partial charge in [-0.05, 0) is 35.9 Å². The van der Waals surface area contributed by atoms with Gasteiger partial charge in [0, 0.05) is 11.6 Å². The molecule has 1 aliphatic carbocycles. The summed E-state index contributed by atoms with van der Waals surface area (Å²) < 4.78 is 0. The molecule has 3 aromatic rings. The van der Waals surface area contributed by atoms with Crippen LogP contribution in [0, 0.1) is 11.8 Å². The number of fused-ring (bicyclic) bond motifs is 2. The summed E-state index contributed by atoms with van der Waals surface area (Å²) in [5, 5.41) is 0.996. The number of aromatic nitrogens is 2. The van der Waals surface area contributed by atoms with Gasteiger partial charge in [-0.3, -0.25) is 4.79 Å². The normalized spacial score (nSPS) is 24.0. The maximum atomic E-state index is 13.3. The molecule has 3 atom stereocenters. The zero-order valence-electron chi connectivity index (χ0n) is 14.1. The maximum absolute atomic E-state index is 13.3. The zero-order chi connectivity index (χ0) is 18.5. The molecule has 0 spiro atoms. The Morgan fingerprint density at radius 2 is 1.85 bits per heavy atom. The molecule has 0 radical (unpaired) electrons. The van der Waals surface area contributed by atoms with E-state index in [1.165, 1.54) is 0 Å². The second-order valence-electron chi connectivity index (χ2n) is 6.80. The van der Waals surface area contributed by atoms with E-state index in [0.29, 0.717) is 10.0 Å². The van der Waals surface area contributed by atoms with Gasteiger partial charge in [0.25, 0.3) is 0 Å². The molecule has 134 valence electrons. The lowest BCUT2D eigenvalue weighted by atomic mass is 9.84. The average Bonchev–Trinajstić information content (AvgIpc) is 3.26. The number of halogens is 2. The van der Waals surface area contributed by atoms with Crippen LogP contribution in [-0.4, -0.2) is 15.9 Å². The van der Waals surface area contributed by atoms with Crippen LogP contribution in [0.1, 0.15) is 11.6 Å². The number of imidazole rings is 1. The van der Waals surface area contributed by atoms with Crippen molar-refractivity contribution in [2.24, 2.45) is 11.8 Å². The molecule has 1 saturated heterocycles. The first-order chi connectivity index (χ1) is 13.1. The van der Waals surface area contributed by atoms with Crippen molar-refractivity contribution in [3.63, 3.8) is 0 Å². The van der Waals surface area contributed by atoms with E-state index in [-0.39, 0.29) is 23.8 Å². The summed E-state index contributed by atoms with van der Waals surface area (Å²) in [6.07, 6.45) is 9.67. The van der Waals surface area contributed by atoms with Crippen LogP contribution >= 0.6 is 23.2 Å². The summed E-state index contributed by atoms with van der Waals surface area (Å²) in [5.41, 5.74) is 3.57. The van der Waals surface area contributed by atoms with Gasteiger partial charge in [0.2, 0.25) is 5.91 Å². The lowest BCUT2D eigenvalue weighted by molar-refractivity contribution is -0.119. The first-order valence-corrected chi connectivity index (χ1v) is 9.45. The van der Waals surface area contributed by atoms with Gasteiger partial charge in [0.1, 0.15) is 0 Å². The highest BCUT2D eigenvalue weighted by molar-refractivity contribution is 6.42. The standard InChI is InChI=1S/C21H15Cl2N3O/c22-16-7-5-12(9-17(16)23)20-14-3-1-2-4-15(14)21(27)26(20)13-6-8-18-19(10-13)25-11-24-18/h1-11,14-15,20H,(H,24,25). The minimum atomic E-state index is -0.188. The van der Waals surface area contributed by atoms with E-state index in [1.54, 1.807) is 12.4 Å². The van der Waals surface area contributed by atoms with Crippen molar-refractivity contribution in [1.82, 2.24) is 9.97 Å². The third-order valence-corrected chi connectivity index (χ3v) is 6.05. The van der Waals surface area contributed by atoms with E-state index < -0.39 is 0 Å². The van der Waals surface area contributed by atoms with Crippen LogP contribution < -0.4 is 4.90 Å². The number of nitrogens with one attached hydrogen (secondary N) is 1. The lowest BCUT2D eigenvalue weighted by Crippen LogP contribution is -2.29. The van der Waals surface area contributed by atoms with E-state index in [1.807, 2.05) is 53.5 Å². The highest BCUT2D eigenvalue weighted by Crippen LogP contribution is 2.47. The molecule has 4 nitrogen and oxygen atoms in total. The van der Waals surface area contributed by atoms with E-state index in [2.05, 4.69) is 16.0 Å². The largest absolute Gasteiger partial charge is 0.345 e. The predicted octanol–water partition coefficient (Wildman–Crippen LogP) is 5.32. The fraction of sp³-hybridized carbons (Fsp3) is 0.143. The fourth-order valence-electron chi connectivity index (χ4n) is 4.07. The van der Waals surface area contributed by atoms with Crippen LogP contribution in [0.25, 0.3) is 11.0 Å². The number of amides is 1. The van der Waals surface area contributed by atoms with Crippen molar-refractivity contribution >= 4 is 45.8 Å². The summed E-state index contributed by atoms with van der Waals surface area (Å²) >= 11 is 12.4. The van der Waals surface area contributed by atoms with Gasteiger partial charge in [-0.2, -0.15) is 0 Å². The monoisotopic (exact) mass is 395 g/mol. The number of carbonyl (C=O) groups is 1. The summed E-state index contributed by atoms with van der Waals surface area (Å²) in [4.78, 5) is 22.6. The highest BCUT2D eigenvalue weighted by Gasteiger charge is 2.47. The van der Waals surface area contributed by atoms with Gasteiger partial charge in [-0.25, -0.2) is 4.98 Å². The number of allylic oxidation sites excluding steroid dienone is 2. The molecule has 2 heterocycles. The van der Waals surface area contributed by atoms with Crippen LogP contribution in [0.15, 0.2) is 67.0 Å². The van der Waals surface area contributed by atoms with Crippen molar-refractivity contribution in [2.75, 3.05) is 4.90 Å². The number of hydrogen-bond acceptors (Lipinski definition) is 2. The Hall–Kier alpha value is -2.56. The number of nitrogens with zero attached hydrogens (tertiary/aromatic N) is 2. The highest BCUT2D eigenvalue weighted by atomic mass is 35.5. The minimum absolute atomic E-state index is 0.0391. The van der Waals surface area contributed by atoms with Crippen molar-refractivity contribution in [3.8, 4) is 0 Å². The third-order valence-electron chi connectivity index (χ3n) is 5.31. The molecule has 5 rings (SSSR count). The van der Waals surface area contributed by atoms with Gasteiger partial charge in [-0.15, -0.1) is 0 Å². The molecule has 0 bridgehead atoms. The van der Waals surface area contributed by atoms with E-state index in [0.717, 1.165) is 22.3 Å². The molecule has 1 aliphatic heterocycles. The zero-order valence-corrected chi connectivity index (χ0v) is 15.7. The minimum Gasteiger partial charge on any atom is -0.345 e. The van der Waals surface area contributed by atoms with Crippen LogP contribution in [-0.2, 0) is 4.79 Å².